The Morgan fingerprint density at radius 3 is 3.00 bits per heavy atom. The van der Waals surface area contributed by atoms with Crippen LogP contribution in [0, 0.1) is 0 Å². The molecule has 2 aromatic rings. The number of thiazole rings is 1. The molecule has 4 N–H and O–H groups in total. The molecule has 0 aliphatic heterocycles. The summed E-state index contributed by atoms with van der Waals surface area (Å²) in [5, 5.41) is 6.26. The van der Waals surface area contributed by atoms with E-state index in [1.165, 1.54) is 11.3 Å². The molecule has 6 nitrogen and oxygen atoms in total. The minimum absolute atomic E-state index is 0.227. The van der Waals surface area contributed by atoms with Gasteiger partial charge >= 0.3 is 0 Å². The molecule has 0 unspecified atom stereocenters. The smallest absolute Gasteiger partial charge is 0.265 e. The lowest BCUT2D eigenvalue weighted by molar-refractivity contribution is 0.0955. The number of hydrogen-bond acceptors (Lipinski definition) is 6. The van der Waals surface area contributed by atoms with E-state index in [-0.39, 0.29) is 11.7 Å². The van der Waals surface area contributed by atoms with Gasteiger partial charge in [-0.1, -0.05) is 17.4 Å². The van der Waals surface area contributed by atoms with Crippen LogP contribution < -0.4 is 16.4 Å². The van der Waals surface area contributed by atoms with E-state index in [0.29, 0.717) is 16.6 Å². The van der Waals surface area contributed by atoms with Crippen molar-refractivity contribution in [1.82, 2.24) is 15.3 Å². The number of hydrogen-bond donors (Lipinski definition) is 3. The molecule has 0 bridgehead atoms. The molecule has 94 valence electrons. The van der Waals surface area contributed by atoms with E-state index in [1.807, 2.05) is 12.1 Å². The molecule has 2 aromatic heterocycles. The highest BCUT2D eigenvalue weighted by Gasteiger charge is 2.15. The standard InChI is InChI=1S/C11H13N5OS/c1-13-11-16-9(12)8(18-11)10(17)15-6-7-3-2-4-14-5-7/h2-5H,6,12H2,1H3,(H,13,16)(H,15,17). The lowest BCUT2D eigenvalue weighted by atomic mass is 10.3. The Balaban J connectivity index is 2.01. The Hall–Kier alpha value is -2.15. The third-order valence-corrected chi connectivity index (χ3v) is 3.34. The van der Waals surface area contributed by atoms with Gasteiger partial charge in [0.1, 0.15) is 10.7 Å². The zero-order chi connectivity index (χ0) is 13.0. The van der Waals surface area contributed by atoms with Crippen LogP contribution in [0.3, 0.4) is 0 Å². The van der Waals surface area contributed by atoms with Crippen molar-refractivity contribution in [2.24, 2.45) is 0 Å². The number of carbonyl (C=O) groups excluding carboxylic acids is 1. The van der Waals surface area contributed by atoms with Gasteiger partial charge in [-0.15, -0.1) is 0 Å². The van der Waals surface area contributed by atoms with Gasteiger partial charge in [-0.3, -0.25) is 9.78 Å². The van der Waals surface area contributed by atoms with Gasteiger partial charge in [-0.05, 0) is 11.6 Å². The molecule has 0 saturated carbocycles. The summed E-state index contributed by atoms with van der Waals surface area (Å²) < 4.78 is 0. The van der Waals surface area contributed by atoms with Crippen molar-refractivity contribution in [1.29, 1.82) is 0 Å². The van der Waals surface area contributed by atoms with Crippen LogP contribution in [0.4, 0.5) is 10.9 Å². The second-order valence-corrected chi connectivity index (χ2v) is 4.53. The maximum absolute atomic E-state index is 11.9. The number of amides is 1. The fourth-order valence-electron chi connectivity index (χ4n) is 1.37. The van der Waals surface area contributed by atoms with Crippen molar-refractivity contribution in [3.8, 4) is 0 Å². The van der Waals surface area contributed by atoms with Gasteiger partial charge in [0.25, 0.3) is 5.91 Å². The molecule has 0 fully saturated rings. The highest BCUT2D eigenvalue weighted by atomic mass is 32.1. The van der Waals surface area contributed by atoms with Crippen LogP contribution in [0.25, 0.3) is 0 Å². The molecule has 0 saturated heterocycles. The summed E-state index contributed by atoms with van der Waals surface area (Å²) in [5.74, 6) is 0.0170. The summed E-state index contributed by atoms with van der Waals surface area (Å²) in [6, 6.07) is 3.71. The van der Waals surface area contributed by atoms with Crippen molar-refractivity contribution in [2.75, 3.05) is 18.1 Å². The molecule has 2 heterocycles. The van der Waals surface area contributed by atoms with Crippen molar-refractivity contribution < 1.29 is 4.79 Å². The van der Waals surface area contributed by atoms with Crippen LogP contribution in [0.2, 0.25) is 0 Å². The third-order valence-electron chi connectivity index (χ3n) is 2.25. The number of nitrogens with zero attached hydrogens (tertiary/aromatic N) is 2. The predicted octanol–water partition coefficient (Wildman–Crippen LogP) is 1.09. The summed E-state index contributed by atoms with van der Waals surface area (Å²) in [4.78, 5) is 20.3. The van der Waals surface area contributed by atoms with Gasteiger partial charge in [0.15, 0.2) is 5.13 Å². The molecule has 18 heavy (non-hydrogen) atoms. The molecule has 0 aliphatic rings. The zero-order valence-corrected chi connectivity index (χ0v) is 10.6. The average Bonchev–Trinajstić information content (AvgIpc) is 2.78. The van der Waals surface area contributed by atoms with Crippen LogP contribution >= 0.6 is 11.3 Å². The molecule has 0 spiro atoms. The molecule has 1 amide bonds. The van der Waals surface area contributed by atoms with Crippen LogP contribution in [0.1, 0.15) is 15.2 Å². The first kappa shape index (κ1) is 12.3. The van der Waals surface area contributed by atoms with E-state index in [9.17, 15) is 4.79 Å². The van der Waals surface area contributed by atoms with E-state index in [0.717, 1.165) is 5.56 Å². The van der Waals surface area contributed by atoms with Gasteiger partial charge < -0.3 is 16.4 Å². The normalized spacial score (nSPS) is 10.1. The van der Waals surface area contributed by atoms with E-state index in [2.05, 4.69) is 20.6 Å². The van der Waals surface area contributed by atoms with Crippen LogP contribution in [0.5, 0.6) is 0 Å². The van der Waals surface area contributed by atoms with Crippen molar-refractivity contribution in [3.05, 3.63) is 35.0 Å². The topological polar surface area (TPSA) is 92.9 Å². The fraction of sp³-hybridized carbons (Fsp3) is 0.182. The molecular weight excluding hydrogens is 250 g/mol. The van der Waals surface area contributed by atoms with Gasteiger partial charge in [0, 0.05) is 26.0 Å². The monoisotopic (exact) mass is 263 g/mol. The molecular formula is C11H13N5OS. The Labute approximate surface area is 108 Å². The number of rotatable bonds is 4. The summed E-state index contributed by atoms with van der Waals surface area (Å²) in [6.45, 7) is 0.416. The first-order valence-electron chi connectivity index (χ1n) is 5.32. The lowest BCUT2D eigenvalue weighted by Crippen LogP contribution is -2.22. The van der Waals surface area contributed by atoms with E-state index < -0.39 is 0 Å². The van der Waals surface area contributed by atoms with Gasteiger partial charge in [0.05, 0.1) is 0 Å². The second-order valence-electron chi connectivity index (χ2n) is 3.53. The molecule has 2 rings (SSSR count). The van der Waals surface area contributed by atoms with Crippen molar-refractivity contribution in [2.45, 2.75) is 6.54 Å². The van der Waals surface area contributed by atoms with Crippen LogP contribution in [0.15, 0.2) is 24.5 Å². The maximum atomic E-state index is 11.9. The second kappa shape index (κ2) is 5.46. The van der Waals surface area contributed by atoms with Crippen molar-refractivity contribution >= 4 is 28.2 Å². The van der Waals surface area contributed by atoms with Gasteiger partial charge in [-0.2, -0.15) is 0 Å². The quantitative estimate of drug-likeness (QED) is 0.768. The first-order chi connectivity index (χ1) is 8.70. The number of nitrogens with one attached hydrogen (secondary N) is 2. The molecule has 0 radical (unpaired) electrons. The largest absolute Gasteiger partial charge is 0.382 e. The fourth-order valence-corrected chi connectivity index (χ4v) is 2.12. The number of pyridine rings is 1. The Morgan fingerprint density at radius 2 is 2.39 bits per heavy atom. The number of nitrogen functional groups attached to an aromatic ring is 1. The average molecular weight is 263 g/mol. The summed E-state index contributed by atoms with van der Waals surface area (Å²) in [6.07, 6.45) is 3.39. The van der Waals surface area contributed by atoms with E-state index >= 15 is 0 Å². The first-order valence-corrected chi connectivity index (χ1v) is 6.13. The SMILES string of the molecule is CNc1nc(N)c(C(=O)NCc2cccnc2)s1. The third kappa shape index (κ3) is 2.75. The number of carbonyl (C=O) groups is 1. The number of nitrogens with two attached hydrogens (primary N) is 1. The van der Waals surface area contributed by atoms with Crippen LogP contribution in [-0.2, 0) is 6.54 Å². The predicted molar refractivity (Wildman–Crippen MR) is 71.5 cm³/mol. The van der Waals surface area contributed by atoms with Crippen molar-refractivity contribution in [3.63, 3.8) is 0 Å². The summed E-state index contributed by atoms with van der Waals surface area (Å²) in [7, 11) is 1.73. The molecule has 0 aromatic carbocycles. The van der Waals surface area contributed by atoms with E-state index in [1.54, 1.807) is 19.4 Å². The van der Waals surface area contributed by atoms with Crippen LogP contribution in [-0.4, -0.2) is 22.9 Å². The number of aromatic nitrogens is 2. The Kier molecular flexibility index (Phi) is 3.73. The minimum Gasteiger partial charge on any atom is -0.382 e. The van der Waals surface area contributed by atoms with Gasteiger partial charge in [-0.25, -0.2) is 4.98 Å². The Bertz CT molecular complexity index is 540. The molecule has 7 heteroatoms. The lowest BCUT2D eigenvalue weighted by Gasteiger charge is -2.03. The molecule has 0 aliphatic carbocycles. The maximum Gasteiger partial charge on any atom is 0.265 e. The highest BCUT2D eigenvalue weighted by Crippen LogP contribution is 2.24. The minimum atomic E-state index is -0.227. The van der Waals surface area contributed by atoms with E-state index in [4.69, 9.17) is 5.73 Å². The zero-order valence-electron chi connectivity index (χ0n) is 9.80. The van der Waals surface area contributed by atoms with Gasteiger partial charge in [0.2, 0.25) is 0 Å². The Morgan fingerprint density at radius 1 is 1.56 bits per heavy atom. The summed E-state index contributed by atoms with van der Waals surface area (Å²) in [5.41, 5.74) is 6.61. The highest BCUT2D eigenvalue weighted by molar-refractivity contribution is 7.18. The summed E-state index contributed by atoms with van der Waals surface area (Å²) >= 11 is 1.23. The molecule has 0 atom stereocenters. The number of anilines is 2.